The van der Waals surface area contributed by atoms with Crippen LogP contribution in [0.2, 0.25) is 0 Å². The summed E-state index contributed by atoms with van der Waals surface area (Å²) in [5.41, 5.74) is 0.212. The summed E-state index contributed by atoms with van der Waals surface area (Å²) < 4.78 is 12.8. The van der Waals surface area contributed by atoms with E-state index in [1.807, 2.05) is 0 Å². The van der Waals surface area contributed by atoms with Crippen molar-refractivity contribution in [3.05, 3.63) is 30.1 Å². The lowest BCUT2D eigenvalue weighted by molar-refractivity contribution is 0.290. The van der Waals surface area contributed by atoms with Gasteiger partial charge in [0.2, 0.25) is 0 Å². The Morgan fingerprint density at radius 2 is 1.88 bits per heavy atom. The van der Waals surface area contributed by atoms with Gasteiger partial charge in [0.25, 0.3) is 0 Å². The molecule has 0 spiro atoms. The fourth-order valence-corrected chi connectivity index (χ4v) is 2.59. The number of hydrogen-bond donors (Lipinski definition) is 1. The normalized spacial score (nSPS) is 26.5. The molecule has 0 radical (unpaired) electrons. The van der Waals surface area contributed by atoms with Crippen LogP contribution in [0.5, 0.6) is 0 Å². The summed E-state index contributed by atoms with van der Waals surface area (Å²) in [5.74, 6) is -0.257. The monoisotopic (exact) mass is 232 g/mol. The maximum absolute atomic E-state index is 12.8. The van der Waals surface area contributed by atoms with Crippen molar-refractivity contribution in [3.63, 3.8) is 0 Å². The third-order valence-electron chi connectivity index (χ3n) is 3.90. The van der Waals surface area contributed by atoms with Crippen LogP contribution in [0.25, 0.3) is 0 Å². The Morgan fingerprint density at radius 1 is 1.24 bits per heavy atom. The largest absolute Gasteiger partial charge is 0.367 e. The van der Waals surface area contributed by atoms with E-state index in [2.05, 4.69) is 25.2 Å². The van der Waals surface area contributed by atoms with Crippen molar-refractivity contribution in [2.75, 3.05) is 5.32 Å². The summed E-state index contributed by atoms with van der Waals surface area (Å²) in [5, 5.41) is 12.8. The first kappa shape index (κ1) is 11.9. The van der Waals surface area contributed by atoms with Crippen LogP contribution in [-0.4, -0.2) is 5.54 Å². The van der Waals surface area contributed by atoms with Gasteiger partial charge in [-0.25, -0.2) is 4.39 Å². The highest BCUT2D eigenvalue weighted by atomic mass is 19.1. The zero-order valence-corrected chi connectivity index (χ0v) is 10.3. The molecule has 2 nitrogen and oxygen atoms in total. The number of anilines is 1. The van der Waals surface area contributed by atoms with Crippen molar-refractivity contribution in [1.29, 1.82) is 5.26 Å². The van der Waals surface area contributed by atoms with E-state index in [0.717, 1.165) is 24.9 Å². The minimum absolute atomic E-state index is 0.0594. The molecule has 1 atom stereocenters. The predicted molar refractivity (Wildman–Crippen MR) is 66.0 cm³/mol. The van der Waals surface area contributed by atoms with E-state index in [-0.39, 0.29) is 11.2 Å². The van der Waals surface area contributed by atoms with E-state index in [9.17, 15) is 9.65 Å². The molecule has 90 valence electrons. The summed E-state index contributed by atoms with van der Waals surface area (Å²) in [7, 11) is 0. The molecular weight excluding hydrogens is 215 g/mol. The third kappa shape index (κ3) is 2.00. The van der Waals surface area contributed by atoms with Crippen LogP contribution >= 0.6 is 0 Å². The molecular formula is C14H17FN2. The van der Waals surface area contributed by atoms with Crippen LogP contribution < -0.4 is 5.32 Å². The zero-order valence-electron chi connectivity index (χ0n) is 10.3. The van der Waals surface area contributed by atoms with Crippen LogP contribution in [0.4, 0.5) is 10.1 Å². The highest BCUT2D eigenvalue weighted by Gasteiger charge is 2.49. The zero-order chi connectivity index (χ0) is 12.5. The molecule has 0 amide bonds. The van der Waals surface area contributed by atoms with Gasteiger partial charge in [-0.3, -0.25) is 0 Å². The highest BCUT2D eigenvalue weighted by Crippen LogP contribution is 2.47. The molecule has 2 rings (SSSR count). The van der Waals surface area contributed by atoms with E-state index in [1.165, 1.54) is 12.1 Å². The van der Waals surface area contributed by atoms with E-state index in [1.54, 1.807) is 12.1 Å². The molecule has 1 aromatic rings. The molecule has 1 fully saturated rings. The van der Waals surface area contributed by atoms with Gasteiger partial charge in [-0.15, -0.1) is 0 Å². The molecule has 1 N–H and O–H groups in total. The van der Waals surface area contributed by atoms with Crippen molar-refractivity contribution in [1.82, 2.24) is 0 Å². The van der Waals surface area contributed by atoms with Crippen molar-refractivity contribution in [2.24, 2.45) is 5.41 Å². The van der Waals surface area contributed by atoms with E-state index >= 15 is 0 Å². The van der Waals surface area contributed by atoms with E-state index < -0.39 is 5.54 Å². The SMILES string of the molecule is CC1(C)CCCC1(C#N)Nc1ccc(F)cc1. The molecule has 0 heterocycles. The van der Waals surface area contributed by atoms with Crippen LogP contribution in [0.15, 0.2) is 24.3 Å². The smallest absolute Gasteiger partial charge is 0.130 e. The number of halogens is 1. The molecule has 1 unspecified atom stereocenters. The van der Waals surface area contributed by atoms with E-state index in [4.69, 9.17) is 0 Å². The van der Waals surface area contributed by atoms with Crippen LogP contribution in [-0.2, 0) is 0 Å². The minimum Gasteiger partial charge on any atom is -0.367 e. The Bertz CT molecular complexity index is 444. The lowest BCUT2D eigenvalue weighted by atomic mass is 9.75. The fourth-order valence-electron chi connectivity index (χ4n) is 2.59. The minimum atomic E-state index is -0.537. The van der Waals surface area contributed by atoms with Gasteiger partial charge < -0.3 is 5.32 Å². The van der Waals surface area contributed by atoms with Gasteiger partial charge in [-0.05, 0) is 43.5 Å². The molecule has 3 heteroatoms. The lowest BCUT2D eigenvalue weighted by Crippen LogP contribution is -2.45. The van der Waals surface area contributed by atoms with Crippen LogP contribution in [0.1, 0.15) is 33.1 Å². The maximum atomic E-state index is 12.8. The Morgan fingerprint density at radius 3 is 2.35 bits per heavy atom. The highest BCUT2D eigenvalue weighted by molar-refractivity contribution is 5.49. The summed E-state index contributed by atoms with van der Waals surface area (Å²) >= 11 is 0. The number of hydrogen-bond acceptors (Lipinski definition) is 2. The second kappa shape index (κ2) is 4.03. The summed E-state index contributed by atoms with van der Waals surface area (Å²) in [4.78, 5) is 0. The quantitative estimate of drug-likeness (QED) is 0.843. The Hall–Kier alpha value is -1.56. The van der Waals surface area contributed by atoms with Gasteiger partial charge in [-0.1, -0.05) is 13.8 Å². The second-order valence-electron chi connectivity index (χ2n) is 5.39. The number of nitriles is 1. The summed E-state index contributed by atoms with van der Waals surface area (Å²) in [6.07, 6.45) is 2.93. The Balaban J connectivity index is 2.27. The van der Waals surface area contributed by atoms with Crippen molar-refractivity contribution in [3.8, 4) is 6.07 Å². The lowest BCUT2D eigenvalue weighted by Gasteiger charge is -2.37. The number of nitrogens with zero attached hydrogens (tertiary/aromatic N) is 1. The average Bonchev–Trinajstić information content (AvgIpc) is 2.58. The molecule has 1 aromatic carbocycles. The van der Waals surface area contributed by atoms with Gasteiger partial charge >= 0.3 is 0 Å². The van der Waals surface area contributed by atoms with Gasteiger partial charge in [0.05, 0.1) is 6.07 Å². The van der Waals surface area contributed by atoms with Crippen molar-refractivity contribution >= 4 is 5.69 Å². The van der Waals surface area contributed by atoms with Crippen molar-refractivity contribution in [2.45, 2.75) is 38.6 Å². The molecule has 1 aliphatic rings. The standard InChI is InChI=1S/C14H17FN2/c1-13(2)8-3-9-14(13,10-16)17-12-6-4-11(15)5-7-12/h4-7,17H,3,8-9H2,1-2H3. The molecule has 0 bridgehead atoms. The van der Waals surface area contributed by atoms with Gasteiger partial charge in [0.1, 0.15) is 11.4 Å². The Labute approximate surface area is 101 Å². The second-order valence-corrected chi connectivity index (χ2v) is 5.39. The number of benzene rings is 1. The average molecular weight is 232 g/mol. The molecule has 0 aromatic heterocycles. The molecule has 0 aliphatic heterocycles. The molecule has 0 saturated heterocycles. The maximum Gasteiger partial charge on any atom is 0.130 e. The van der Waals surface area contributed by atoms with Gasteiger partial charge in [0.15, 0.2) is 0 Å². The summed E-state index contributed by atoms with van der Waals surface area (Å²) in [6.45, 7) is 4.22. The fraction of sp³-hybridized carbons (Fsp3) is 0.500. The van der Waals surface area contributed by atoms with E-state index in [0.29, 0.717) is 0 Å². The van der Waals surface area contributed by atoms with Crippen molar-refractivity contribution < 1.29 is 4.39 Å². The summed E-state index contributed by atoms with van der Waals surface area (Å²) in [6, 6.07) is 8.62. The molecule has 1 saturated carbocycles. The first-order chi connectivity index (χ1) is 7.99. The number of nitrogens with one attached hydrogen (secondary N) is 1. The van der Waals surface area contributed by atoms with Crippen LogP contribution in [0.3, 0.4) is 0 Å². The number of rotatable bonds is 2. The predicted octanol–water partition coefficient (Wildman–Crippen LogP) is 3.71. The first-order valence-electron chi connectivity index (χ1n) is 5.94. The topological polar surface area (TPSA) is 35.8 Å². The van der Waals surface area contributed by atoms with Gasteiger partial charge in [-0.2, -0.15) is 5.26 Å². The molecule has 17 heavy (non-hydrogen) atoms. The molecule has 1 aliphatic carbocycles. The van der Waals surface area contributed by atoms with Gasteiger partial charge in [0, 0.05) is 11.1 Å². The first-order valence-corrected chi connectivity index (χ1v) is 5.94. The Kier molecular flexibility index (Phi) is 2.82. The third-order valence-corrected chi connectivity index (χ3v) is 3.90. The van der Waals surface area contributed by atoms with Crippen LogP contribution in [0, 0.1) is 22.6 Å².